The summed E-state index contributed by atoms with van der Waals surface area (Å²) in [4.78, 5) is 2.29. The zero-order valence-electron chi connectivity index (χ0n) is 12.1. The maximum absolute atomic E-state index is 8.93. The van der Waals surface area contributed by atoms with Gasteiger partial charge >= 0.3 is 0 Å². The molecule has 0 radical (unpaired) electrons. The molecule has 110 valence electrons. The van der Waals surface area contributed by atoms with Gasteiger partial charge in [-0.2, -0.15) is 0 Å². The molecule has 1 fully saturated rings. The van der Waals surface area contributed by atoms with Crippen LogP contribution in [0.5, 0.6) is 0 Å². The molecule has 0 spiro atoms. The molecular weight excluding hydrogens is 274 g/mol. The van der Waals surface area contributed by atoms with E-state index >= 15 is 0 Å². The molecule has 1 heterocycles. The zero-order chi connectivity index (χ0) is 14.8. The lowest BCUT2D eigenvalue weighted by atomic mass is 9.85. The smallest absolute Gasteiger partial charge is 0.172 e. The van der Waals surface area contributed by atoms with E-state index in [4.69, 9.17) is 22.5 Å². The van der Waals surface area contributed by atoms with Crippen molar-refractivity contribution in [2.45, 2.75) is 33.1 Å². The van der Waals surface area contributed by atoms with Crippen LogP contribution in [0.2, 0.25) is 5.02 Å². The summed E-state index contributed by atoms with van der Waals surface area (Å²) in [6.45, 7) is 6.53. The molecule has 0 bridgehead atoms. The number of halogens is 1. The molecule has 0 aromatic heterocycles. The highest BCUT2D eigenvalue weighted by atomic mass is 35.5. The van der Waals surface area contributed by atoms with Crippen molar-refractivity contribution in [2.24, 2.45) is 16.3 Å². The van der Waals surface area contributed by atoms with Crippen molar-refractivity contribution in [2.75, 3.05) is 18.0 Å². The second kappa shape index (κ2) is 5.92. The van der Waals surface area contributed by atoms with Crippen molar-refractivity contribution < 1.29 is 5.21 Å². The van der Waals surface area contributed by atoms with Crippen molar-refractivity contribution in [3.63, 3.8) is 0 Å². The molecule has 0 saturated carbocycles. The third-order valence-corrected chi connectivity index (χ3v) is 4.26. The first-order chi connectivity index (χ1) is 9.43. The molecule has 1 aromatic carbocycles. The Bertz CT molecular complexity index is 514. The normalized spacial score (nSPS) is 19.8. The summed E-state index contributed by atoms with van der Waals surface area (Å²) < 4.78 is 0. The van der Waals surface area contributed by atoms with E-state index in [0.29, 0.717) is 10.4 Å². The fraction of sp³-hybridized carbons (Fsp3) is 0.533. The number of rotatable bonds is 2. The first kappa shape index (κ1) is 15.0. The van der Waals surface area contributed by atoms with Crippen molar-refractivity contribution in [1.29, 1.82) is 0 Å². The van der Waals surface area contributed by atoms with Gasteiger partial charge in [0.05, 0.1) is 0 Å². The SMILES string of the molecule is CC1(C)CCCN(c2cc(Cl)ccc2C(N)=NO)CC1. The minimum Gasteiger partial charge on any atom is -0.409 e. The molecule has 0 unspecified atom stereocenters. The van der Waals surface area contributed by atoms with E-state index < -0.39 is 0 Å². The fourth-order valence-electron chi connectivity index (χ4n) is 2.70. The predicted molar refractivity (Wildman–Crippen MR) is 83.8 cm³/mol. The van der Waals surface area contributed by atoms with E-state index in [1.807, 2.05) is 12.1 Å². The summed E-state index contributed by atoms with van der Waals surface area (Å²) in [5.41, 5.74) is 7.82. The molecule has 2 rings (SSSR count). The van der Waals surface area contributed by atoms with Crippen LogP contribution >= 0.6 is 11.6 Å². The van der Waals surface area contributed by atoms with Crippen molar-refractivity contribution in [3.8, 4) is 0 Å². The summed E-state index contributed by atoms with van der Waals surface area (Å²) in [5.74, 6) is 0.125. The molecule has 0 amide bonds. The monoisotopic (exact) mass is 295 g/mol. The molecule has 4 nitrogen and oxygen atoms in total. The van der Waals surface area contributed by atoms with Gasteiger partial charge in [0.2, 0.25) is 0 Å². The second-order valence-electron chi connectivity index (χ2n) is 6.15. The summed E-state index contributed by atoms with van der Waals surface area (Å²) in [6.07, 6.45) is 3.47. The topological polar surface area (TPSA) is 61.8 Å². The Hall–Kier alpha value is -1.42. The van der Waals surface area contributed by atoms with E-state index in [2.05, 4.69) is 23.9 Å². The largest absolute Gasteiger partial charge is 0.409 e. The van der Waals surface area contributed by atoms with Crippen LogP contribution in [-0.2, 0) is 0 Å². The highest BCUT2D eigenvalue weighted by molar-refractivity contribution is 6.31. The van der Waals surface area contributed by atoms with Gasteiger partial charge in [0, 0.05) is 29.4 Å². The average molecular weight is 296 g/mol. The van der Waals surface area contributed by atoms with Crippen LogP contribution in [0.3, 0.4) is 0 Å². The van der Waals surface area contributed by atoms with E-state index in [1.54, 1.807) is 6.07 Å². The number of nitrogens with zero attached hydrogens (tertiary/aromatic N) is 2. The standard InChI is InChI=1S/C15H22ClN3O/c1-15(2)6-3-8-19(9-7-15)13-10-11(16)4-5-12(13)14(17)18-20/h4-5,10,20H,3,6-9H2,1-2H3,(H2,17,18). The van der Waals surface area contributed by atoms with Crippen LogP contribution in [0.15, 0.2) is 23.4 Å². The summed E-state index contributed by atoms with van der Waals surface area (Å²) >= 11 is 6.11. The lowest BCUT2D eigenvalue weighted by Gasteiger charge is -2.26. The van der Waals surface area contributed by atoms with E-state index in [1.165, 1.54) is 6.42 Å². The first-order valence-corrected chi connectivity index (χ1v) is 7.33. The van der Waals surface area contributed by atoms with Crippen LogP contribution in [-0.4, -0.2) is 24.1 Å². The maximum Gasteiger partial charge on any atom is 0.172 e. The number of oxime groups is 1. The first-order valence-electron chi connectivity index (χ1n) is 6.95. The van der Waals surface area contributed by atoms with Crippen LogP contribution in [0.4, 0.5) is 5.69 Å². The van der Waals surface area contributed by atoms with Gasteiger partial charge in [-0.15, -0.1) is 0 Å². The van der Waals surface area contributed by atoms with Crippen LogP contribution in [0, 0.1) is 5.41 Å². The second-order valence-corrected chi connectivity index (χ2v) is 6.59. The van der Waals surface area contributed by atoms with Crippen LogP contribution < -0.4 is 10.6 Å². The Kier molecular flexibility index (Phi) is 4.43. The third kappa shape index (κ3) is 3.37. The molecule has 3 N–H and O–H groups in total. The van der Waals surface area contributed by atoms with E-state index in [9.17, 15) is 0 Å². The molecular formula is C15H22ClN3O. The quantitative estimate of drug-likeness (QED) is 0.380. The lowest BCUT2D eigenvalue weighted by molar-refractivity contribution is 0.318. The van der Waals surface area contributed by atoms with Crippen LogP contribution in [0.1, 0.15) is 38.7 Å². The van der Waals surface area contributed by atoms with Gasteiger partial charge in [0.25, 0.3) is 0 Å². The maximum atomic E-state index is 8.93. The molecule has 20 heavy (non-hydrogen) atoms. The summed E-state index contributed by atoms with van der Waals surface area (Å²) in [6, 6.07) is 5.47. The van der Waals surface area contributed by atoms with Gasteiger partial charge in [-0.3, -0.25) is 0 Å². The van der Waals surface area contributed by atoms with Crippen molar-refractivity contribution in [3.05, 3.63) is 28.8 Å². The van der Waals surface area contributed by atoms with E-state index in [0.717, 1.165) is 37.2 Å². The third-order valence-electron chi connectivity index (χ3n) is 4.02. The van der Waals surface area contributed by atoms with Gasteiger partial charge in [-0.05, 0) is 42.9 Å². The lowest BCUT2D eigenvalue weighted by Crippen LogP contribution is -2.28. The van der Waals surface area contributed by atoms with Gasteiger partial charge in [0.15, 0.2) is 5.84 Å². The molecule has 1 saturated heterocycles. The minimum absolute atomic E-state index is 0.125. The molecule has 1 aliphatic heterocycles. The molecule has 1 aliphatic rings. The Balaban J connectivity index is 2.34. The highest BCUT2D eigenvalue weighted by Gasteiger charge is 2.24. The highest BCUT2D eigenvalue weighted by Crippen LogP contribution is 2.33. The summed E-state index contributed by atoms with van der Waals surface area (Å²) in [7, 11) is 0. The Morgan fingerprint density at radius 1 is 1.35 bits per heavy atom. The number of anilines is 1. The Morgan fingerprint density at radius 3 is 2.80 bits per heavy atom. The Morgan fingerprint density at radius 2 is 2.10 bits per heavy atom. The minimum atomic E-state index is 0.125. The number of hydrogen-bond donors (Lipinski definition) is 2. The number of hydrogen-bond acceptors (Lipinski definition) is 3. The molecule has 5 heteroatoms. The molecule has 1 aromatic rings. The predicted octanol–water partition coefficient (Wildman–Crippen LogP) is 3.45. The zero-order valence-corrected chi connectivity index (χ0v) is 12.8. The van der Waals surface area contributed by atoms with Gasteiger partial charge in [-0.1, -0.05) is 30.6 Å². The van der Waals surface area contributed by atoms with Gasteiger partial charge < -0.3 is 15.8 Å². The number of amidine groups is 1. The van der Waals surface area contributed by atoms with E-state index in [-0.39, 0.29) is 5.84 Å². The van der Waals surface area contributed by atoms with Gasteiger partial charge in [-0.25, -0.2) is 0 Å². The van der Waals surface area contributed by atoms with Crippen molar-refractivity contribution in [1.82, 2.24) is 0 Å². The van der Waals surface area contributed by atoms with Crippen molar-refractivity contribution >= 4 is 23.1 Å². The Labute approximate surface area is 125 Å². The van der Waals surface area contributed by atoms with Crippen LogP contribution in [0.25, 0.3) is 0 Å². The molecule has 0 atom stereocenters. The van der Waals surface area contributed by atoms with Gasteiger partial charge in [0.1, 0.15) is 0 Å². The number of benzene rings is 1. The fourth-order valence-corrected chi connectivity index (χ4v) is 2.87. The summed E-state index contributed by atoms with van der Waals surface area (Å²) in [5, 5.41) is 12.7. The average Bonchev–Trinajstić information content (AvgIpc) is 2.58. The molecule has 0 aliphatic carbocycles. The number of nitrogens with two attached hydrogens (primary N) is 1.